The summed E-state index contributed by atoms with van der Waals surface area (Å²) in [5, 5.41) is 19.0. The molecule has 0 aliphatic carbocycles. The highest BCUT2D eigenvalue weighted by atomic mass is 16.3. The number of pyridine rings is 1. The second-order valence-corrected chi connectivity index (χ2v) is 4.23. The number of aliphatic hydroxyl groups is 2. The minimum atomic E-state index is -0.832. The number of aromatic nitrogens is 3. The molecule has 2 heterocycles. The second-order valence-electron chi connectivity index (χ2n) is 4.23. The van der Waals surface area contributed by atoms with Crippen LogP contribution >= 0.6 is 0 Å². The van der Waals surface area contributed by atoms with Crippen molar-refractivity contribution in [1.29, 1.82) is 0 Å². The summed E-state index contributed by atoms with van der Waals surface area (Å²) in [5.41, 5.74) is 8.14. The van der Waals surface area contributed by atoms with Gasteiger partial charge in [-0.15, -0.1) is 0 Å². The normalized spacial score (nSPS) is 15.1. The molecule has 0 aliphatic heterocycles. The molecule has 6 nitrogen and oxygen atoms in total. The Hall–Kier alpha value is -1.66. The van der Waals surface area contributed by atoms with E-state index in [1.165, 1.54) is 0 Å². The quantitative estimate of drug-likeness (QED) is 0.700. The van der Waals surface area contributed by atoms with E-state index in [9.17, 15) is 10.2 Å². The molecule has 0 fully saturated rings. The molecule has 2 rings (SSSR count). The molecular weight excluding hydrogens is 220 g/mol. The van der Waals surface area contributed by atoms with Gasteiger partial charge in [-0.1, -0.05) is 0 Å². The molecule has 0 saturated carbocycles. The van der Waals surface area contributed by atoms with E-state index in [-0.39, 0.29) is 6.54 Å². The summed E-state index contributed by atoms with van der Waals surface area (Å²) < 4.78 is 1.78. The van der Waals surface area contributed by atoms with Gasteiger partial charge in [-0.25, -0.2) is 9.97 Å². The molecule has 0 aliphatic rings. The number of aliphatic hydroxyl groups excluding tert-OH is 2. The topological polar surface area (TPSA) is 97.2 Å². The summed E-state index contributed by atoms with van der Waals surface area (Å²) in [6, 6.07) is 0. The highest BCUT2D eigenvalue weighted by molar-refractivity contribution is 5.87. The zero-order chi connectivity index (χ0) is 12.6. The van der Waals surface area contributed by atoms with Crippen molar-refractivity contribution in [2.45, 2.75) is 32.6 Å². The van der Waals surface area contributed by atoms with E-state index < -0.39 is 12.2 Å². The van der Waals surface area contributed by atoms with E-state index in [2.05, 4.69) is 9.97 Å². The zero-order valence-corrected chi connectivity index (χ0v) is 9.83. The first-order chi connectivity index (χ1) is 8.00. The Morgan fingerprint density at radius 3 is 2.76 bits per heavy atom. The van der Waals surface area contributed by atoms with Gasteiger partial charge in [0.2, 0.25) is 0 Å². The van der Waals surface area contributed by atoms with Crippen LogP contribution in [0.1, 0.15) is 12.5 Å². The Bertz CT molecular complexity index is 535. The molecule has 0 unspecified atom stereocenters. The number of aryl methyl sites for hydroxylation is 1. The maximum Gasteiger partial charge on any atom is 0.151 e. The molecule has 0 spiro atoms. The third-order valence-corrected chi connectivity index (χ3v) is 2.79. The number of nitrogen functional groups attached to an aromatic ring is 1. The van der Waals surface area contributed by atoms with Crippen LogP contribution < -0.4 is 5.73 Å². The summed E-state index contributed by atoms with van der Waals surface area (Å²) in [5.74, 6) is 0.371. The van der Waals surface area contributed by atoms with E-state index in [4.69, 9.17) is 5.73 Å². The van der Waals surface area contributed by atoms with Gasteiger partial charge in [0, 0.05) is 6.20 Å². The number of nitrogens with zero attached hydrogens (tertiary/aromatic N) is 3. The number of anilines is 1. The van der Waals surface area contributed by atoms with Crippen LogP contribution in [0.5, 0.6) is 0 Å². The highest BCUT2D eigenvalue weighted by Crippen LogP contribution is 2.21. The highest BCUT2D eigenvalue weighted by Gasteiger charge is 2.15. The van der Waals surface area contributed by atoms with E-state index >= 15 is 0 Å². The van der Waals surface area contributed by atoms with E-state index in [0.717, 1.165) is 11.1 Å². The van der Waals surface area contributed by atoms with Crippen molar-refractivity contribution in [3.63, 3.8) is 0 Å². The lowest BCUT2D eigenvalue weighted by Crippen LogP contribution is -2.27. The van der Waals surface area contributed by atoms with Crippen LogP contribution in [0, 0.1) is 6.92 Å². The van der Waals surface area contributed by atoms with Crippen LogP contribution in [-0.2, 0) is 6.54 Å². The second kappa shape index (κ2) is 4.31. The monoisotopic (exact) mass is 236 g/mol. The lowest BCUT2D eigenvalue weighted by molar-refractivity contribution is 0.0214. The van der Waals surface area contributed by atoms with Crippen LogP contribution in [0.4, 0.5) is 5.82 Å². The predicted octanol–water partition coefficient (Wildman–Crippen LogP) is 0.0636. The standard InChI is InChI=1S/C11H16N4O2/c1-6-3-13-11(12)9-10(6)15(5-14-9)4-8(17)7(2)16/h3,5,7-8,16-17H,4H2,1-2H3,(H2,12,13)/t7-,8+/m1/s1. The van der Waals surface area contributed by atoms with Gasteiger partial charge in [0.15, 0.2) is 5.82 Å². The Kier molecular flexibility index (Phi) is 2.99. The van der Waals surface area contributed by atoms with E-state index in [1.807, 2.05) is 6.92 Å². The van der Waals surface area contributed by atoms with Crippen molar-refractivity contribution >= 4 is 16.9 Å². The fourth-order valence-electron chi connectivity index (χ4n) is 1.76. The zero-order valence-electron chi connectivity index (χ0n) is 9.83. The van der Waals surface area contributed by atoms with Gasteiger partial charge < -0.3 is 20.5 Å². The van der Waals surface area contributed by atoms with Crippen LogP contribution in [0.3, 0.4) is 0 Å². The molecular formula is C11H16N4O2. The van der Waals surface area contributed by atoms with Gasteiger partial charge in [-0.05, 0) is 19.4 Å². The summed E-state index contributed by atoms with van der Waals surface area (Å²) in [4.78, 5) is 8.20. The van der Waals surface area contributed by atoms with E-state index in [1.54, 1.807) is 24.0 Å². The lowest BCUT2D eigenvalue weighted by Gasteiger charge is -2.15. The SMILES string of the molecule is Cc1cnc(N)c2ncn(C[C@H](O)[C@@H](C)O)c12. The molecule has 0 saturated heterocycles. The predicted molar refractivity (Wildman–Crippen MR) is 64.4 cm³/mol. The van der Waals surface area contributed by atoms with Crippen molar-refractivity contribution < 1.29 is 10.2 Å². The lowest BCUT2D eigenvalue weighted by atomic mass is 10.2. The summed E-state index contributed by atoms with van der Waals surface area (Å²) in [6.07, 6.45) is 1.65. The number of hydrogen-bond acceptors (Lipinski definition) is 5. The van der Waals surface area contributed by atoms with Crippen LogP contribution in [0.25, 0.3) is 11.0 Å². The molecule has 6 heteroatoms. The third kappa shape index (κ3) is 2.09. The van der Waals surface area contributed by atoms with Gasteiger partial charge in [-0.3, -0.25) is 0 Å². The average molecular weight is 236 g/mol. The van der Waals surface area contributed by atoms with Crippen molar-refractivity contribution in [2.24, 2.45) is 0 Å². The van der Waals surface area contributed by atoms with Crippen molar-refractivity contribution in [3.8, 4) is 0 Å². The molecule has 92 valence electrons. The molecule has 0 amide bonds. The Balaban J connectivity index is 2.46. The molecule has 2 atom stereocenters. The molecule has 0 aromatic carbocycles. The molecule has 2 aromatic rings. The molecule has 4 N–H and O–H groups in total. The van der Waals surface area contributed by atoms with Gasteiger partial charge in [0.1, 0.15) is 5.52 Å². The number of hydrogen-bond donors (Lipinski definition) is 3. The molecule has 0 bridgehead atoms. The molecule has 2 aromatic heterocycles. The minimum absolute atomic E-state index is 0.276. The van der Waals surface area contributed by atoms with Crippen LogP contribution in [0.2, 0.25) is 0 Å². The third-order valence-electron chi connectivity index (χ3n) is 2.79. The largest absolute Gasteiger partial charge is 0.391 e. The molecule has 17 heavy (non-hydrogen) atoms. The van der Waals surface area contributed by atoms with Crippen molar-refractivity contribution in [1.82, 2.24) is 14.5 Å². The van der Waals surface area contributed by atoms with Crippen LogP contribution in [0.15, 0.2) is 12.5 Å². The number of rotatable bonds is 3. The summed E-state index contributed by atoms with van der Waals surface area (Å²) in [6.45, 7) is 3.73. The van der Waals surface area contributed by atoms with Gasteiger partial charge >= 0.3 is 0 Å². The first-order valence-electron chi connectivity index (χ1n) is 5.42. The summed E-state index contributed by atoms with van der Waals surface area (Å²) in [7, 11) is 0. The number of imidazole rings is 1. The van der Waals surface area contributed by atoms with E-state index in [0.29, 0.717) is 11.3 Å². The van der Waals surface area contributed by atoms with Crippen molar-refractivity contribution in [2.75, 3.05) is 5.73 Å². The first kappa shape index (κ1) is 11.8. The minimum Gasteiger partial charge on any atom is -0.391 e. The van der Waals surface area contributed by atoms with Gasteiger partial charge in [0.05, 0.1) is 30.6 Å². The van der Waals surface area contributed by atoms with Gasteiger partial charge in [-0.2, -0.15) is 0 Å². The maximum absolute atomic E-state index is 9.67. The Labute approximate surface area is 98.7 Å². The number of nitrogens with two attached hydrogens (primary N) is 1. The fourth-order valence-corrected chi connectivity index (χ4v) is 1.76. The maximum atomic E-state index is 9.67. The Morgan fingerprint density at radius 1 is 1.41 bits per heavy atom. The smallest absolute Gasteiger partial charge is 0.151 e. The summed E-state index contributed by atoms with van der Waals surface area (Å²) >= 11 is 0. The Morgan fingerprint density at radius 2 is 2.12 bits per heavy atom. The first-order valence-corrected chi connectivity index (χ1v) is 5.42. The molecule has 0 radical (unpaired) electrons. The average Bonchev–Trinajstić information content (AvgIpc) is 2.68. The fraction of sp³-hybridized carbons (Fsp3) is 0.455. The van der Waals surface area contributed by atoms with Crippen molar-refractivity contribution in [3.05, 3.63) is 18.1 Å². The van der Waals surface area contributed by atoms with Crippen LogP contribution in [-0.4, -0.2) is 37.0 Å². The van der Waals surface area contributed by atoms with Gasteiger partial charge in [0.25, 0.3) is 0 Å². The number of fused-ring (bicyclic) bond motifs is 1.